The van der Waals surface area contributed by atoms with Gasteiger partial charge in [-0.15, -0.1) is 0 Å². The molecular formula is C14H10N4O4. The van der Waals surface area contributed by atoms with E-state index in [0.717, 1.165) is 5.69 Å². The predicted octanol–water partition coefficient (Wildman–Crippen LogP) is 1.66. The lowest BCUT2D eigenvalue weighted by Gasteiger charge is -2.02. The number of aromatic amines is 1. The molecule has 2 aromatic heterocycles. The van der Waals surface area contributed by atoms with Crippen molar-refractivity contribution in [1.29, 1.82) is 0 Å². The van der Waals surface area contributed by atoms with Gasteiger partial charge >= 0.3 is 11.9 Å². The predicted molar refractivity (Wildman–Crippen MR) is 75.1 cm³/mol. The topological polar surface area (TPSA) is 121 Å². The molecule has 0 atom stereocenters. The Bertz CT molecular complexity index is 803. The molecule has 0 amide bonds. The number of nitrogens with zero attached hydrogens (tertiary/aromatic N) is 3. The van der Waals surface area contributed by atoms with Crippen LogP contribution in [0.5, 0.6) is 0 Å². The van der Waals surface area contributed by atoms with E-state index in [4.69, 9.17) is 10.2 Å². The van der Waals surface area contributed by atoms with Gasteiger partial charge in [-0.05, 0) is 24.3 Å². The molecule has 0 aliphatic heterocycles. The molecule has 0 saturated carbocycles. The maximum absolute atomic E-state index is 11.0. The minimum Gasteiger partial charge on any atom is -0.477 e. The molecular weight excluding hydrogens is 288 g/mol. The van der Waals surface area contributed by atoms with Crippen molar-refractivity contribution in [1.82, 2.24) is 19.5 Å². The van der Waals surface area contributed by atoms with Crippen molar-refractivity contribution < 1.29 is 19.8 Å². The summed E-state index contributed by atoms with van der Waals surface area (Å²) in [5.41, 5.74) is 0.492. The van der Waals surface area contributed by atoms with E-state index in [1.165, 1.54) is 0 Å². The second kappa shape index (κ2) is 5.17. The molecule has 3 rings (SSSR count). The lowest BCUT2D eigenvalue weighted by atomic mass is 10.2. The Labute approximate surface area is 123 Å². The first-order valence-corrected chi connectivity index (χ1v) is 6.21. The fourth-order valence-electron chi connectivity index (χ4n) is 2.02. The Morgan fingerprint density at radius 3 is 2.32 bits per heavy atom. The number of benzene rings is 1. The number of aromatic carboxylic acids is 2. The fourth-order valence-corrected chi connectivity index (χ4v) is 2.02. The van der Waals surface area contributed by atoms with Crippen LogP contribution >= 0.6 is 0 Å². The molecule has 0 radical (unpaired) electrons. The summed E-state index contributed by atoms with van der Waals surface area (Å²) >= 11 is 0. The van der Waals surface area contributed by atoms with E-state index >= 15 is 0 Å². The first-order valence-electron chi connectivity index (χ1n) is 6.21. The van der Waals surface area contributed by atoms with Crippen molar-refractivity contribution in [3.8, 4) is 17.1 Å². The molecule has 2 heterocycles. The van der Waals surface area contributed by atoms with E-state index in [1.54, 1.807) is 47.6 Å². The van der Waals surface area contributed by atoms with E-state index in [1.807, 2.05) is 0 Å². The van der Waals surface area contributed by atoms with Gasteiger partial charge in [0.2, 0.25) is 0 Å². The van der Waals surface area contributed by atoms with Gasteiger partial charge in [-0.1, -0.05) is 0 Å². The molecule has 8 heteroatoms. The van der Waals surface area contributed by atoms with Crippen LogP contribution in [-0.4, -0.2) is 41.7 Å². The number of carboxylic acids is 2. The van der Waals surface area contributed by atoms with Crippen LogP contribution < -0.4 is 0 Å². The summed E-state index contributed by atoms with van der Waals surface area (Å²) in [5.74, 6) is -2.58. The van der Waals surface area contributed by atoms with E-state index in [0.29, 0.717) is 5.56 Å². The molecule has 0 aliphatic carbocycles. The van der Waals surface area contributed by atoms with Crippen LogP contribution in [0, 0.1) is 0 Å². The molecule has 0 aliphatic rings. The zero-order valence-corrected chi connectivity index (χ0v) is 11.1. The van der Waals surface area contributed by atoms with Gasteiger partial charge in [0, 0.05) is 23.6 Å². The quantitative estimate of drug-likeness (QED) is 0.673. The molecule has 0 fully saturated rings. The third kappa shape index (κ3) is 2.33. The lowest BCUT2D eigenvalue weighted by Crippen LogP contribution is -2.07. The molecule has 3 aromatic rings. The number of carboxylic acid groups (broad SMARTS) is 2. The van der Waals surface area contributed by atoms with Crippen LogP contribution in [0.25, 0.3) is 17.1 Å². The van der Waals surface area contributed by atoms with Crippen LogP contribution in [0.15, 0.2) is 43.0 Å². The van der Waals surface area contributed by atoms with E-state index in [-0.39, 0.29) is 5.82 Å². The largest absolute Gasteiger partial charge is 0.477 e. The van der Waals surface area contributed by atoms with Crippen LogP contribution in [0.4, 0.5) is 0 Å². The summed E-state index contributed by atoms with van der Waals surface area (Å²) in [6.45, 7) is 0. The summed E-state index contributed by atoms with van der Waals surface area (Å²) in [6, 6.07) is 7.01. The van der Waals surface area contributed by atoms with E-state index < -0.39 is 23.3 Å². The first-order chi connectivity index (χ1) is 10.6. The van der Waals surface area contributed by atoms with Crippen molar-refractivity contribution in [2.75, 3.05) is 0 Å². The van der Waals surface area contributed by atoms with Gasteiger partial charge in [0.25, 0.3) is 0 Å². The Balaban J connectivity index is 1.99. The number of H-pyrrole nitrogens is 1. The highest BCUT2D eigenvalue weighted by Crippen LogP contribution is 2.20. The van der Waals surface area contributed by atoms with Gasteiger partial charge in [-0.2, -0.15) is 0 Å². The van der Waals surface area contributed by atoms with Gasteiger partial charge in [-0.25, -0.2) is 19.6 Å². The number of hydrogen-bond donors (Lipinski definition) is 3. The van der Waals surface area contributed by atoms with Gasteiger partial charge in [0.05, 0.1) is 6.33 Å². The van der Waals surface area contributed by atoms with Crippen LogP contribution in [0.2, 0.25) is 0 Å². The highest BCUT2D eigenvalue weighted by Gasteiger charge is 2.22. The van der Waals surface area contributed by atoms with Crippen LogP contribution in [-0.2, 0) is 0 Å². The fraction of sp³-hybridized carbons (Fsp3) is 0. The van der Waals surface area contributed by atoms with Crippen LogP contribution in [0.1, 0.15) is 21.0 Å². The summed E-state index contributed by atoms with van der Waals surface area (Å²) < 4.78 is 1.80. The van der Waals surface area contributed by atoms with E-state index in [9.17, 15) is 9.59 Å². The third-order valence-corrected chi connectivity index (χ3v) is 3.06. The minimum absolute atomic E-state index is 0.187. The smallest absolute Gasteiger partial charge is 0.357 e. The summed E-state index contributed by atoms with van der Waals surface area (Å²) in [5, 5.41) is 18.0. The van der Waals surface area contributed by atoms with Crippen molar-refractivity contribution in [2.24, 2.45) is 0 Å². The van der Waals surface area contributed by atoms with Gasteiger partial charge in [0.15, 0.2) is 11.4 Å². The molecule has 8 nitrogen and oxygen atoms in total. The Hall–Kier alpha value is -3.42. The normalized spacial score (nSPS) is 10.5. The number of rotatable bonds is 4. The average molecular weight is 298 g/mol. The number of imidazole rings is 2. The third-order valence-electron chi connectivity index (χ3n) is 3.06. The van der Waals surface area contributed by atoms with Gasteiger partial charge in [-0.3, -0.25) is 0 Å². The molecule has 0 bridgehead atoms. The maximum atomic E-state index is 11.0. The molecule has 22 heavy (non-hydrogen) atoms. The number of carbonyl (C=O) groups is 2. The Kier molecular flexibility index (Phi) is 3.18. The second-order valence-corrected chi connectivity index (χ2v) is 4.44. The Morgan fingerprint density at radius 1 is 1.09 bits per heavy atom. The van der Waals surface area contributed by atoms with Crippen molar-refractivity contribution >= 4 is 11.9 Å². The zero-order chi connectivity index (χ0) is 15.7. The monoisotopic (exact) mass is 298 g/mol. The SMILES string of the molecule is O=C(O)c1nc(-c2ccc(-n3ccnc3)cc2)[nH]c1C(=O)O. The molecule has 1 aromatic carbocycles. The van der Waals surface area contributed by atoms with E-state index in [2.05, 4.69) is 15.0 Å². The standard InChI is InChI=1S/C14H10N4O4/c19-13(20)10-11(14(21)22)17-12(16-10)8-1-3-9(4-2-8)18-6-5-15-7-18/h1-7H,(H,16,17)(H,19,20)(H,21,22). The number of hydrogen-bond acceptors (Lipinski definition) is 4. The molecule has 0 spiro atoms. The Morgan fingerprint density at radius 2 is 1.82 bits per heavy atom. The zero-order valence-electron chi connectivity index (χ0n) is 11.1. The molecule has 3 N–H and O–H groups in total. The lowest BCUT2D eigenvalue weighted by molar-refractivity contribution is 0.0644. The first kappa shape index (κ1) is 13.6. The van der Waals surface area contributed by atoms with Crippen molar-refractivity contribution in [3.63, 3.8) is 0 Å². The summed E-state index contributed by atoms with van der Waals surface area (Å²) in [4.78, 5) is 32.4. The molecule has 110 valence electrons. The minimum atomic E-state index is -1.39. The van der Waals surface area contributed by atoms with Crippen molar-refractivity contribution in [2.45, 2.75) is 0 Å². The van der Waals surface area contributed by atoms with Gasteiger partial charge < -0.3 is 19.8 Å². The van der Waals surface area contributed by atoms with Gasteiger partial charge in [0.1, 0.15) is 5.82 Å². The van der Waals surface area contributed by atoms with Crippen LogP contribution in [0.3, 0.4) is 0 Å². The molecule has 0 saturated heterocycles. The summed E-state index contributed by atoms with van der Waals surface area (Å²) in [6.07, 6.45) is 5.08. The number of nitrogens with one attached hydrogen (secondary N) is 1. The average Bonchev–Trinajstić information content (AvgIpc) is 3.17. The summed E-state index contributed by atoms with van der Waals surface area (Å²) in [7, 11) is 0. The maximum Gasteiger partial charge on any atom is 0.357 e. The highest BCUT2D eigenvalue weighted by molar-refractivity contribution is 5.99. The van der Waals surface area contributed by atoms with Crippen molar-refractivity contribution in [3.05, 3.63) is 54.4 Å². The highest BCUT2D eigenvalue weighted by atomic mass is 16.4. The molecule has 0 unspecified atom stereocenters. The second-order valence-electron chi connectivity index (χ2n) is 4.44. The number of aromatic nitrogens is 4.